The third-order valence-corrected chi connectivity index (χ3v) is 2.52. The zero-order chi connectivity index (χ0) is 15.4. The molecule has 0 unspecified atom stereocenters. The number of benzene rings is 2. The summed E-state index contributed by atoms with van der Waals surface area (Å²) in [5, 5.41) is 2.35. The Bertz CT molecular complexity index is 644. The van der Waals surface area contributed by atoms with Crippen LogP contribution in [-0.4, -0.2) is 12.5 Å². The molecule has 3 nitrogen and oxygen atoms in total. The molecule has 0 heterocycles. The molecule has 0 aliphatic rings. The SMILES string of the molecule is O=C(Nc1ccc(F)c(F)c1)c1ccc(OC(F)F)cc1. The summed E-state index contributed by atoms with van der Waals surface area (Å²) in [4.78, 5) is 11.8. The Morgan fingerprint density at radius 2 is 1.67 bits per heavy atom. The lowest BCUT2D eigenvalue weighted by Gasteiger charge is -2.07. The van der Waals surface area contributed by atoms with Gasteiger partial charge in [0, 0.05) is 17.3 Å². The summed E-state index contributed by atoms with van der Waals surface area (Å²) in [6.07, 6.45) is 0. The van der Waals surface area contributed by atoms with Crippen LogP contribution in [-0.2, 0) is 0 Å². The van der Waals surface area contributed by atoms with E-state index in [9.17, 15) is 22.4 Å². The fraction of sp³-hybridized carbons (Fsp3) is 0.0714. The van der Waals surface area contributed by atoms with Crippen LogP contribution in [0.25, 0.3) is 0 Å². The molecule has 0 aliphatic carbocycles. The van der Waals surface area contributed by atoms with Crippen LogP contribution >= 0.6 is 0 Å². The second-order valence-electron chi connectivity index (χ2n) is 3.99. The fourth-order valence-corrected chi connectivity index (χ4v) is 1.56. The van der Waals surface area contributed by atoms with Gasteiger partial charge in [-0.05, 0) is 36.4 Å². The highest BCUT2D eigenvalue weighted by Crippen LogP contribution is 2.17. The van der Waals surface area contributed by atoms with Gasteiger partial charge in [0.2, 0.25) is 0 Å². The number of carbonyl (C=O) groups excluding carboxylic acids is 1. The van der Waals surface area contributed by atoms with E-state index < -0.39 is 24.2 Å². The van der Waals surface area contributed by atoms with E-state index in [1.165, 1.54) is 30.3 Å². The van der Waals surface area contributed by atoms with Gasteiger partial charge in [-0.2, -0.15) is 8.78 Å². The lowest BCUT2D eigenvalue weighted by Crippen LogP contribution is -2.12. The summed E-state index contributed by atoms with van der Waals surface area (Å²) in [6.45, 7) is -2.95. The first kappa shape index (κ1) is 14.8. The molecule has 2 rings (SSSR count). The Balaban J connectivity index is 2.07. The van der Waals surface area contributed by atoms with Crippen molar-refractivity contribution in [3.63, 3.8) is 0 Å². The molecule has 1 amide bonds. The van der Waals surface area contributed by atoms with Crippen molar-refractivity contribution in [2.75, 3.05) is 5.32 Å². The number of halogens is 4. The van der Waals surface area contributed by atoms with Crippen molar-refractivity contribution in [3.05, 3.63) is 59.7 Å². The maximum atomic E-state index is 13.0. The number of hydrogen-bond donors (Lipinski definition) is 1. The molecule has 2 aromatic rings. The van der Waals surface area contributed by atoms with E-state index in [2.05, 4.69) is 10.1 Å². The zero-order valence-corrected chi connectivity index (χ0v) is 10.4. The minimum absolute atomic E-state index is 0.0757. The predicted octanol–water partition coefficient (Wildman–Crippen LogP) is 3.82. The van der Waals surface area contributed by atoms with E-state index in [4.69, 9.17) is 0 Å². The second-order valence-corrected chi connectivity index (χ2v) is 3.99. The maximum Gasteiger partial charge on any atom is 0.387 e. The maximum absolute atomic E-state index is 13.0. The van der Waals surface area contributed by atoms with Gasteiger partial charge in [0.15, 0.2) is 11.6 Å². The van der Waals surface area contributed by atoms with E-state index in [0.717, 1.165) is 12.1 Å². The van der Waals surface area contributed by atoms with E-state index in [1.807, 2.05) is 0 Å². The van der Waals surface area contributed by atoms with Crippen LogP contribution in [0.2, 0.25) is 0 Å². The van der Waals surface area contributed by atoms with Crippen LogP contribution < -0.4 is 10.1 Å². The van der Waals surface area contributed by atoms with Crippen LogP contribution in [0.1, 0.15) is 10.4 Å². The average molecular weight is 299 g/mol. The van der Waals surface area contributed by atoms with E-state index in [-0.39, 0.29) is 17.0 Å². The largest absolute Gasteiger partial charge is 0.435 e. The highest BCUT2D eigenvalue weighted by Gasteiger charge is 2.10. The van der Waals surface area contributed by atoms with Crippen molar-refractivity contribution in [1.82, 2.24) is 0 Å². The molecule has 0 bridgehead atoms. The number of hydrogen-bond acceptors (Lipinski definition) is 2. The number of carbonyl (C=O) groups is 1. The van der Waals surface area contributed by atoms with E-state index in [1.54, 1.807) is 0 Å². The number of ether oxygens (including phenoxy) is 1. The monoisotopic (exact) mass is 299 g/mol. The first-order valence-corrected chi connectivity index (χ1v) is 5.77. The molecular formula is C14H9F4NO2. The van der Waals surface area contributed by atoms with Gasteiger partial charge in [0.1, 0.15) is 5.75 Å². The topological polar surface area (TPSA) is 38.3 Å². The van der Waals surface area contributed by atoms with Crippen LogP contribution in [0.15, 0.2) is 42.5 Å². The van der Waals surface area contributed by atoms with Crippen LogP contribution in [0, 0.1) is 11.6 Å². The molecule has 110 valence electrons. The van der Waals surface area contributed by atoms with Gasteiger partial charge in [-0.1, -0.05) is 0 Å². The molecule has 0 saturated carbocycles. The van der Waals surface area contributed by atoms with Crippen LogP contribution in [0.4, 0.5) is 23.2 Å². The molecule has 0 aliphatic heterocycles. The molecule has 1 N–H and O–H groups in total. The fourth-order valence-electron chi connectivity index (χ4n) is 1.56. The summed E-state index contributed by atoms with van der Waals surface area (Å²) in [5.74, 6) is -2.80. The van der Waals surface area contributed by atoms with Gasteiger partial charge in [-0.25, -0.2) is 8.78 Å². The molecule has 21 heavy (non-hydrogen) atoms. The van der Waals surface area contributed by atoms with Crippen molar-refractivity contribution in [2.45, 2.75) is 6.61 Å². The van der Waals surface area contributed by atoms with Crippen molar-refractivity contribution in [1.29, 1.82) is 0 Å². The van der Waals surface area contributed by atoms with Gasteiger partial charge >= 0.3 is 6.61 Å². The normalized spacial score (nSPS) is 10.5. The molecule has 0 atom stereocenters. The summed E-state index contributed by atoms with van der Waals surface area (Å²) in [7, 11) is 0. The Hall–Kier alpha value is -2.57. The van der Waals surface area contributed by atoms with Gasteiger partial charge in [0.05, 0.1) is 0 Å². The lowest BCUT2D eigenvalue weighted by molar-refractivity contribution is -0.0498. The average Bonchev–Trinajstić information content (AvgIpc) is 2.43. The summed E-state index contributed by atoms with van der Waals surface area (Å²) < 4.78 is 53.8. The molecule has 7 heteroatoms. The van der Waals surface area contributed by atoms with Crippen molar-refractivity contribution < 1.29 is 27.1 Å². The van der Waals surface area contributed by atoms with Gasteiger partial charge < -0.3 is 10.1 Å². The van der Waals surface area contributed by atoms with Crippen molar-refractivity contribution in [3.8, 4) is 5.75 Å². The quantitative estimate of drug-likeness (QED) is 0.872. The first-order chi connectivity index (χ1) is 9.95. The highest BCUT2D eigenvalue weighted by molar-refractivity contribution is 6.04. The number of rotatable bonds is 4. The molecule has 0 fully saturated rings. The minimum Gasteiger partial charge on any atom is -0.435 e. The molecular weight excluding hydrogens is 290 g/mol. The molecule has 2 aromatic carbocycles. The third-order valence-electron chi connectivity index (χ3n) is 2.52. The number of nitrogens with one attached hydrogen (secondary N) is 1. The molecule has 0 spiro atoms. The Morgan fingerprint density at radius 1 is 1.00 bits per heavy atom. The highest BCUT2D eigenvalue weighted by atomic mass is 19.3. The number of alkyl halides is 2. The third kappa shape index (κ3) is 3.95. The number of anilines is 1. The van der Waals surface area contributed by atoms with Gasteiger partial charge in [-0.15, -0.1) is 0 Å². The van der Waals surface area contributed by atoms with E-state index >= 15 is 0 Å². The van der Waals surface area contributed by atoms with E-state index in [0.29, 0.717) is 0 Å². The number of amides is 1. The van der Waals surface area contributed by atoms with Crippen molar-refractivity contribution >= 4 is 11.6 Å². The van der Waals surface area contributed by atoms with Crippen molar-refractivity contribution in [2.24, 2.45) is 0 Å². The smallest absolute Gasteiger partial charge is 0.387 e. The zero-order valence-electron chi connectivity index (χ0n) is 10.4. The molecule has 0 saturated heterocycles. The minimum atomic E-state index is -2.95. The first-order valence-electron chi connectivity index (χ1n) is 5.77. The molecule has 0 aromatic heterocycles. The van der Waals surface area contributed by atoms with Crippen LogP contribution in [0.5, 0.6) is 5.75 Å². The Labute approximate surface area is 117 Å². The second kappa shape index (κ2) is 6.25. The summed E-state index contributed by atoms with van der Waals surface area (Å²) in [5.41, 5.74) is 0.230. The summed E-state index contributed by atoms with van der Waals surface area (Å²) >= 11 is 0. The predicted molar refractivity (Wildman–Crippen MR) is 67.4 cm³/mol. The lowest BCUT2D eigenvalue weighted by atomic mass is 10.2. The Kier molecular flexibility index (Phi) is 4.42. The molecule has 0 radical (unpaired) electrons. The van der Waals surface area contributed by atoms with Gasteiger partial charge in [-0.3, -0.25) is 4.79 Å². The van der Waals surface area contributed by atoms with Crippen LogP contribution in [0.3, 0.4) is 0 Å². The van der Waals surface area contributed by atoms with Gasteiger partial charge in [0.25, 0.3) is 5.91 Å². The standard InChI is InChI=1S/C14H9F4NO2/c15-11-6-3-9(7-12(11)16)19-13(20)8-1-4-10(5-2-8)21-14(17)18/h1-7,14H,(H,19,20). The summed E-state index contributed by atoms with van der Waals surface area (Å²) in [6, 6.07) is 7.86. The Morgan fingerprint density at radius 3 is 2.24 bits per heavy atom.